The summed E-state index contributed by atoms with van der Waals surface area (Å²) in [7, 11) is 0. The Morgan fingerprint density at radius 3 is 2.40 bits per heavy atom. The second-order valence-electron chi connectivity index (χ2n) is 6.88. The van der Waals surface area contributed by atoms with E-state index in [0.717, 1.165) is 44.9 Å². The van der Waals surface area contributed by atoms with Gasteiger partial charge in [-0.05, 0) is 25.7 Å². The van der Waals surface area contributed by atoms with E-state index in [2.05, 4.69) is 0 Å². The van der Waals surface area contributed by atoms with Gasteiger partial charge in [0.15, 0.2) is 0 Å². The monoisotopic (exact) mass is 279 g/mol. The number of aliphatic hydroxyl groups is 1. The summed E-state index contributed by atoms with van der Waals surface area (Å²) in [6.45, 7) is 0.0920. The molecule has 0 aromatic heterocycles. The van der Waals surface area contributed by atoms with E-state index in [1.807, 2.05) is 0 Å². The van der Waals surface area contributed by atoms with Gasteiger partial charge in [-0.25, -0.2) is 0 Å². The van der Waals surface area contributed by atoms with Crippen molar-refractivity contribution in [3.05, 3.63) is 0 Å². The maximum atomic E-state index is 12.9. The van der Waals surface area contributed by atoms with E-state index in [1.54, 1.807) is 4.90 Å². The summed E-state index contributed by atoms with van der Waals surface area (Å²) in [5.41, 5.74) is -0.393. The zero-order valence-corrected chi connectivity index (χ0v) is 12.1. The van der Waals surface area contributed by atoms with E-state index in [9.17, 15) is 14.7 Å². The molecule has 2 saturated carbocycles. The molecule has 3 fully saturated rings. The average Bonchev–Trinajstić information content (AvgIpc) is 2.88. The first-order chi connectivity index (χ1) is 9.68. The van der Waals surface area contributed by atoms with Crippen LogP contribution in [0, 0.1) is 11.3 Å². The molecule has 1 N–H and O–H groups in total. The molecule has 2 atom stereocenters. The molecule has 112 valence electrons. The lowest BCUT2D eigenvalue weighted by Gasteiger charge is -2.30. The second kappa shape index (κ2) is 5.47. The average molecular weight is 279 g/mol. The summed E-state index contributed by atoms with van der Waals surface area (Å²) in [5, 5.41) is 9.47. The van der Waals surface area contributed by atoms with Gasteiger partial charge in [0, 0.05) is 25.0 Å². The molecule has 1 aliphatic heterocycles. The number of hydrogen-bond donors (Lipinski definition) is 1. The molecule has 1 heterocycles. The first kappa shape index (κ1) is 14.1. The molecule has 0 aromatic rings. The molecule has 4 nitrogen and oxygen atoms in total. The van der Waals surface area contributed by atoms with Crippen LogP contribution in [0.1, 0.15) is 64.2 Å². The standard InChI is InChI=1S/C16H25NO3/c18-11-12-6-5-7-13(12)17-14(19)10-16(15(17)20)8-3-1-2-4-9-16/h12-13,18H,1-11H2. The number of amides is 2. The van der Waals surface area contributed by atoms with Crippen LogP contribution in [-0.2, 0) is 9.59 Å². The predicted molar refractivity (Wildman–Crippen MR) is 74.8 cm³/mol. The van der Waals surface area contributed by atoms with Crippen LogP contribution in [0.3, 0.4) is 0 Å². The van der Waals surface area contributed by atoms with Gasteiger partial charge in [-0.1, -0.05) is 32.1 Å². The molecule has 0 radical (unpaired) electrons. The summed E-state index contributed by atoms with van der Waals surface area (Å²) >= 11 is 0. The minimum absolute atomic E-state index is 0.0160. The van der Waals surface area contributed by atoms with Gasteiger partial charge in [-0.15, -0.1) is 0 Å². The third-order valence-electron chi connectivity index (χ3n) is 5.68. The lowest BCUT2D eigenvalue weighted by Crippen LogP contribution is -2.45. The van der Waals surface area contributed by atoms with Gasteiger partial charge >= 0.3 is 0 Å². The molecular weight excluding hydrogens is 254 g/mol. The smallest absolute Gasteiger partial charge is 0.236 e. The van der Waals surface area contributed by atoms with Crippen LogP contribution < -0.4 is 0 Å². The summed E-state index contributed by atoms with van der Waals surface area (Å²) in [6.07, 6.45) is 9.51. The largest absolute Gasteiger partial charge is 0.396 e. The lowest BCUT2D eigenvalue weighted by molar-refractivity contribution is -0.145. The van der Waals surface area contributed by atoms with Crippen molar-refractivity contribution in [3.8, 4) is 0 Å². The Balaban J connectivity index is 1.82. The van der Waals surface area contributed by atoms with E-state index in [1.165, 1.54) is 12.8 Å². The Morgan fingerprint density at radius 1 is 1.05 bits per heavy atom. The summed E-state index contributed by atoms with van der Waals surface area (Å²) in [5.74, 6) is 0.195. The van der Waals surface area contributed by atoms with Crippen molar-refractivity contribution in [3.63, 3.8) is 0 Å². The molecule has 2 unspecified atom stereocenters. The molecule has 3 aliphatic rings. The Bertz CT molecular complexity index is 399. The van der Waals surface area contributed by atoms with E-state index < -0.39 is 5.41 Å². The fourth-order valence-electron chi connectivity index (χ4n) is 4.52. The minimum Gasteiger partial charge on any atom is -0.396 e. The number of hydrogen-bond acceptors (Lipinski definition) is 3. The highest BCUT2D eigenvalue weighted by Crippen LogP contribution is 2.46. The van der Waals surface area contributed by atoms with Crippen LogP contribution in [0.5, 0.6) is 0 Å². The number of carbonyl (C=O) groups excluding carboxylic acids is 2. The van der Waals surface area contributed by atoms with Crippen molar-refractivity contribution in [2.45, 2.75) is 70.3 Å². The summed E-state index contributed by atoms with van der Waals surface area (Å²) < 4.78 is 0. The van der Waals surface area contributed by atoms with Crippen LogP contribution in [0.15, 0.2) is 0 Å². The molecule has 3 rings (SSSR count). The molecule has 0 bridgehead atoms. The van der Waals surface area contributed by atoms with Gasteiger partial charge in [-0.2, -0.15) is 0 Å². The molecule has 20 heavy (non-hydrogen) atoms. The highest BCUT2D eigenvalue weighted by atomic mass is 16.3. The minimum atomic E-state index is -0.393. The van der Waals surface area contributed by atoms with Crippen molar-refractivity contribution in [2.24, 2.45) is 11.3 Å². The normalized spacial score (nSPS) is 34.0. The topological polar surface area (TPSA) is 57.6 Å². The molecule has 4 heteroatoms. The molecule has 2 aliphatic carbocycles. The quantitative estimate of drug-likeness (QED) is 0.789. The zero-order valence-electron chi connectivity index (χ0n) is 12.1. The Morgan fingerprint density at radius 2 is 1.75 bits per heavy atom. The molecule has 1 spiro atoms. The second-order valence-corrected chi connectivity index (χ2v) is 6.88. The molecule has 2 amide bonds. The van der Waals surface area contributed by atoms with Crippen molar-refractivity contribution in [2.75, 3.05) is 6.61 Å². The zero-order chi connectivity index (χ0) is 14.2. The number of rotatable bonds is 2. The fraction of sp³-hybridized carbons (Fsp3) is 0.875. The third kappa shape index (κ3) is 2.18. The Hall–Kier alpha value is -0.900. The molecular formula is C16H25NO3. The molecule has 1 saturated heterocycles. The van der Waals surface area contributed by atoms with Crippen LogP contribution in [0.2, 0.25) is 0 Å². The first-order valence-corrected chi connectivity index (χ1v) is 8.15. The van der Waals surface area contributed by atoms with Crippen molar-refractivity contribution in [1.29, 1.82) is 0 Å². The van der Waals surface area contributed by atoms with Gasteiger partial charge in [0.1, 0.15) is 0 Å². The van der Waals surface area contributed by atoms with Crippen LogP contribution in [0.4, 0.5) is 0 Å². The van der Waals surface area contributed by atoms with Crippen LogP contribution >= 0.6 is 0 Å². The SMILES string of the molecule is O=C1CC2(CCCCCC2)C(=O)N1C1CCCC1CO. The highest BCUT2D eigenvalue weighted by Gasteiger charge is 2.54. The molecule has 0 aromatic carbocycles. The van der Waals surface area contributed by atoms with Gasteiger partial charge < -0.3 is 5.11 Å². The highest BCUT2D eigenvalue weighted by molar-refractivity contribution is 6.06. The number of nitrogens with zero attached hydrogens (tertiary/aromatic N) is 1. The number of imide groups is 1. The van der Waals surface area contributed by atoms with Gasteiger partial charge in [0.05, 0.1) is 5.41 Å². The van der Waals surface area contributed by atoms with Crippen molar-refractivity contribution < 1.29 is 14.7 Å². The maximum Gasteiger partial charge on any atom is 0.236 e. The summed E-state index contributed by atoms with van der Waals surface area (Å²) in [4.78, 5) is 26.9. The van der Waals surface area contributed by atoms with Gasteiger partial charge in [0.2, 0.25) is 11.8 Å². The van der Waals surface area contributed by atoms with Gasteiger partial charge in [-0.3, -0.25) is 14.5 Å². The van der Waals surface area contributed by atoms with Gasteiger partial charge in [0.25, 0.3) is 0 Å². The first-order valence-electron chi connectivity index (χ1n) is 8.15. The van der Waals surface area contributed by atoms with Crippen LogP contribution in [-0.4, -0.2) is 34.5 Å². The maximum absolute atomic E-state index is 12.9. The van der Waals surface area contributed by atoms with E-state index in [0.29, 0.717) is 6.42 Å². The van der Waals surface area contributed by atoms with Crippen LogP contribution in [0.25, 0.3) is 0 Å². The number of carbonyl (C=O) groups is 2. The van der Waals surface area contributed by atoms with Crippen molar-refractivity contribution >= 4 is 11.8 Å². The third-order valence-corrected chi connectivity index (χ3v) is 5.68. The number of aliphatic hydroxyl groups excluding tert-OH is 1. The van der Waals surface area contributed by atoms with E-state index >= 15 is 0 Å². The number of likely N-dealkylation sites (tertiary alicyclic amines) is 1. The Labute approximate surface area is 120 Å². The Kier molecular flexibility index (Phi) is 3.85. The predicted octanol–water partition coefficient (Wildman–Crippen LogP) is 2.25. The lowest BCUT2D eigenvalue weighted by atomic mass is 9.79. The van der Waals surface area contributed by atoms with E-state index in [-0.39, 0.29) is 30.4 Å². The fourth-order valence-corrected chi connectivity index (χ4v) is 4.52. The van der Waals surface area contributed by atoms with E-state index in [4.69, 9.17) is 0 Å². The summed E-state index contributed by atoms with van der Waals surface area (Å²) in [6, 6.07) is -0.0392. The van der Waals surface area contributed by atoms with Crippen molar-refractivity contribution in [1.82, 2.24) is 4.90 Å².